The maximum atomic E-state index is 14.7. The van der Waals surface area contributed by atoms with E-state index in [9.17, 15) is 22.0 Å². The van der Waals surface area contributed by atoms with E-state index >= 15 is 0 Å². The van der Waals surface area contributed by atoms with Crippen LogP contribution < -0.4 is 10.5 Å². The lowest BCUT2D eigenvalue weighted by Gasteiger charge is -2.36. The Morgan fingerprint density at radius 3 is 2.52 bits per heavy atom. The van der Waals surface area contributed by atoms with Crippen LogP contribution in [-0.2, 0) is 10.3 Å². The van der Waals surface area contributed by atoms with Gasteiger partial charge in [-0.15, -0.1) is 0 Å². The number of amidine groups is 1. The number of halogens is 5. The number of aliphatic imine (C=N–C) groups is 1. The standard InChI is InChI=1S/C23H18F5N3O2/c24-13-22(12-19(23(26,27)28)33-21(29)31-22)17-11-16(6-7-18(17)25)32-20-10-15(8-9-30-20)14-4-2-1-3-5-14/h1-11,19H,12-13H2,(H2,29,31)/t19?,22-/m1/s1. The van der Waals surface area contributed by atoms with Crippen molar-refractivity contribution >= 4 is 6.02 Å². The van der Waals surface area contributed by atoms with Gasteiger partial charge < -0.3 is 15.2 Å². The van der Waals surface area contributed by atoms with E-state index in [1.54, 1.807) is 12.1 Å². The molecule has 0 aliphatic carbocycles. The van der Waals surface area contributed by atoms with Crippen molar-refractivity contribution in [2.75, 3.05) is 6.67 Å². The Labute approximate surface area is 185 Å². The first-order valence-corrected chi connectivity index (χ1v) is 9.84. The van der Waals surface area contributed by atoms with E-state index in [0.717, 1.165) is 23.3 Å². The van der Waals surface area contributed by atoms with Gasteiger partial charge in [-0.05, 0) is 35.4 Å². The molecule has 1 aliphatic rings. The highest BCUT2D eigenvalue weighted by Gasteiger charge is 2.52. The molecule has 0 radical (unpaired) electrons. The molecule has 5 nitrogen and oxygen atoms in total. The molecule has 3 aromatic rings. The lowest BCUT2D eigenvalue weighted by atomic mass is 9.84. The van der Waals surface area contributed by atoms with Crippen LogP contribution in [0, 0.1) is 5.82 Å². The first kappa shape index (κ1) is 22.5. The SMILES string of the molecule is NC1=N[C@](CF)(c2cc(Oc3cc(-c4ccccc4)ccn3)ccc2F)CC(C(F)(F)F)O1. The average Bonchev–Trinajstić information content (AvgIpc) is 2.80. The number of aromatic nitrogens is 1. The van der Waals surface area contributed by atoms with Gasteiger partial charge in [-0.2, -0.15) is 13.2 Å². The van der Waals surface area contributed by atoms with Crippen molar-refractivity contribution < 1.29 is 31.4 Å². The molecule has 0 fully saturated rings. The van der Waals surface area contributed by atoms with E-state index in [-0.39, 0.29) is 11.6 Å². The number of alkyl halides is 4. The topological polar surface area (TPSA) is 69.7 Å². The Hall–Kier alpha value is -3.69. The number of nitrogens with two attached hydrogens (primary N) is 1. The maximum Gasteiger partial charge on any atom is 0.425 e. The molecule has 1 aromatic heterocycles. The van der Waals surface area contributed by atoms with Crippen molar-refractivity contribution in [1.29, 1.82) is 0 Å². The van der Waals surface area contributed by atoms with E-state index in [1.807, 2.05) is 30.3 Å². The molecule has 1 aliphatic heterocycles. The summed E-state index contributed by atoms with van der Waals surface area (Å²) in [6.07, 6.45) is -6.73. The van der Waals surface area contributed by atoms with Crippen LogP contribution in [0.4, 0.5) is 22.0 Å². The molecule has 2 N–H and O–H groups in total. The van der Waals surface area contributed by atoms with Crippen molar-refractivity contribution in [2.45, 2.75) is 24.2 Å². The fourth-order valence-electron chi connectivity index (χ4n) is 3.61. The smallest absolute Gasteiger partial charge is 0.425 e. The molecular weight excluding hydrogens is 445 g/mol. The fourth-order valence-corrected chi connectivity index (χ4v) is 3.61. The molecule has 0 bridgehead atoms. The minimum atomic E-state index is -4.84. The van der Waals surface area contributed by atoms with E-state index in [2.05, 4.69) is 14.7 Å². The van der Waals surface area contributed by atoms with Gasteiger partial charge in [0, 0.05) is 24.2 Å². The lowest BCUT2D eigenvalue weighted by molar-refractivity contribution is -0.209. The Morgan fingerprint density at radius 1 is 1.06 bits per heavy atom. The Bertz CT molecular complexity index is 1170. The summed E-state index contributed by atoms with van der Waals surface area (Å²) in [6, 6.07) is 15.3. The summed E-state index contributed by atoms with van der Waals surface area (Å²) in [5.74, 6) is -0.752. The van der Waals surface area contributed by atoms with Crippen molar-refractivity contribution in [3.63, 3.8) is 0 Å². The van der Waals surface area contributed by atoms with E-state index < -0.39 is 48.3 Å². The third kappa shape index (κ3) is 4.74. The summed E-state index contributed by atoms with van der Waals surface area (Å²) >= 11 is 0. The fraction of sp³-hybridized carbons (Fsp3) is 0.217. The number of ether oxygens (including phenoxy) is 2. The van der Waals surface area contributed by atoms with Gasteiger partial charge in [0.05, 0.1) is 0 Å². The molecule has 0 amide bonds. The Balaban J connectivity index is 1.68. The number of rotatable bonds is 5. The number of hydrogen-bond donors (Lipinski definition) is 1. The van der Waals surface area contributed by atoms with Crippen LogP contribution in [0.2, 0.25) is 0 Å². The molecule has 33 heavy (non-hydrogen) atoms. The Kier molecular flexibility index (Phi) is 5.92. The largest absolute Gasteiger partial charge is 0.452 e. The minimum Gasteiger partial charge on any atom is -0.452 e. The highest BCUT2D eigenvalue weighted by atomic mass is 19.4. The Morgan fingerprint density at radius 2 is 1.82 bits per heavy atom. The quantitative estimate of drug-likeness (QED) is 0.507. The zero-order chi connectivity index (χ0) is 23.6. The van der Waals surface area contributed by atoms with Gasteiger partial charge in [0.25, 0.3) is 6.02 Å². The highest BCUT2D eigenvalue weighted by molar-refractivity contribution is 5.73. The molecule has 2 heterocycles. The second-order valence-electron chi connectivity index (χ2n) is 7.46. The van der Waals surface area contributed by atoms with Crippen LogP contribution in [0.5, 0.6) is 11.6 Å². The summed E-state index contributed by atoms with van der Waals surface area (Å²) < 4.78 is 78.9. The number of pyridine rings is 1. The number of nitrogens with zero attached hydrogens (tertiary/aromatic N) is 2. The zero-order valence-electron chi connectivity index (χ0n) is 17.0. The van der Waals surface area contributed by atoms with Gasteiger partial charge in [0.15, 0.2) is 6.10 Å². The summed E-state index contributed by atoms with van der Waals surface area (Å²) in [5, 5.41) is 0. The minimum absolute atomic E-state index is 0.0424. The van der Waals surface area contributed by atoms with Gasteiger partial charge in [0.1, 0.15) is 23.8 Å². The van der Waals surface area contributed by atoms with E-state index in [4.69, 9.17) is 10.5 Å². The van der Waals surface area contributed by atoms with Crippen LogP contribution >= 0.6 is 0 Å². The van der Waals surface area contributed by atoms with Gasteiger partial charge in [-0.25, -0.2) is 18.8 Å². The second-order valence-corrected chi connectivity index (χ2v) is 7.46. The molecule has 0 saturated heterocycles. The lowest BCUT2D eigenvalue weighted by Crippen LogP contribution is -2.48. The molecular formula is C23H18F5N3O2. The van der Waals surface area contributed by atoms with Crippen molar-refractivity contribution in [3.8, 4) is 22.8 Å². The van der Waals surface area contributed by atoms with Crippen molar-refractivity contribution in [1.82, 2.24) is 4.98 Å². The van der Waals surface area contributed by atoms with Crippen LogP contribution in [-0.4, -0.2) is 30.0 Å². The van der Waals surface area contributed by atoms with Crippen LogP contribution in [0.25, 0.3) is 11.1 Å². The van der Waals surface area contributed by atoms with Gasteiger partial charge >= 0.3 is 6.18 Å². The monoisotopic (exact) mass is 463 g/mol. The molecule has 0 spiro atoms. The maximum absolute atomic E-state index is 14.7. The number of hydrogen-bond acceptors (Lipinski definition) is 5. The molecule has 10 heteroatoms. The molecule has 4 rings (SSSR count). The average molecular weight is 463 g/mol. The van der Waals surface area contributed by atoms with Gasteiger partial charge in [-0.1, -0.05) is 30.3 Å². The van der Waals surface area contributed by atoms with Crippen LogP contribution in [0.3, 0.4) is 0 Å². The molecule has 0 saturated carbocycles. The predicted octanol–water partition coefficient (Wildman–Crippen LogP) is 5.51. The zero-order valence-corrected chi connectivity index (χ0v) is 17.0. The van der Waals surface area contributed by atoms with E-state index in [1.165, 1.54) is 12.3 Å². The number of benzene rings is 2. The third-order valence-corrected chi connectivity index (χ3v) is 5.20. The first-order chi connectivity index (χ1) is 15.7. The molecule has 172 valence electrons. The summed E-state index contributed by atoms with van der Waals surface area (Å²) in [7, 11) is 0. The normalized spacial score (nSPS) is 20.6. The molecule has 2 atom stereocenters. The molecule has 2 aromatic carbocycles. The summed E-state index contributed by atoms with van der Waals surface area (Å²) in [6.45, 7) is -1.42. The van der Waals surface area contributed by atoms with E-state index in [0.29, 0.717) is 0 Å². The summed E-state index contributed by atoms with van der Waals surface area (Å²) in [5.41, 5.74) is 4.46. The van der Waals surface area contributed by atoms with Crippen molar-refractivity contribution in [3.05, 3.63) is 78.2 Å². The summed E-state index contributed by atoms with van der Waals surface area (Å²) in [4.78, 5) is 7.83. The highest BCUT2D eigenvalue weighted by Crippen LogP contribution is 2.42. The first-order valence-electron chi connectivity index (χ1n) is 9.84. The van der Waals surface area contributed by atoms with Gasteiger partial charge in [-0.3, -0.25) is 0 Å². The van der Waals surface area contributed by atoms with Crippen LogP contribution in [0.15, 0.2) is 71.9 Å². The van der Waals surface area contributed by atoms with Gasteiger partial charge in [0.2, 0.25) is 5.88 Å². The predicted molar refractivity (Wildman–Crippen MR) is 111 cm³/mol. The second kappa shape index (κ2) is 8.68. The third-order valence-electron chi connectivity index (χ3n) is 5.20. The van der Waals surface area contributed by atoms with Crippen molar-refractivity contribution in [2.24, 2.45) is 10.7 Å². The van der Waals surface area contributed by atoms with Crippen LogP contribution in [0.1, 0.15) is 12.0 Å². The molecule has 1 unspecified atom stereocenters.